The van der Waals surface area contributed by atoms with Gasteiger partial charge in [-0.1, -0.05) is 18.2 Å². The highest BCUT2D eigenvalue weighted by atomic mass is 35.5. The number of halogens is 2. The van der Waals surface area contributed by atoms with Crippen molar-refractivity contribution in [2.75, 3.05) is 6.54 Å². The van der Waals surface area contributed by atoms with E-state index in [-0.39, 0.29) is 36.5 Å². The molecule has 0 fully saturated rings. The summed E-state index contributed by atoms with van der Waals surface area (Å²) in [4.78, 5) is 19.6. The number of aromatic nitrogens is 2. The molecule has 0 atom stereocenters. The number of nitrogens with zero attached hydrogens (tertiary/aromatic N) is 2. The summed E-state index contributed by atoms with van der Waals surface area (Å²) in [6, 6.07) is 7.57. The predicted molar refractivity (Wildman–Crippen MR) is 72.0 cm³/mol. The molecule has 17 heavy (non-hydrogen) atoms. The molecular formula is C11H13Cl2N3O. The van der Waals surface area contributed by atoms with Crippen LogP contribution < -0.4 is 5.32 Å². The van der Waals surface area contributed by atoms with Gasteiger partial charge in [-0.15, -0.1) is 24.8 Å². The van der Waals surface area contributed by atoms with E-state index in [1.807, 2.05) is 31.2 Å². The van der Waals surface area contributed by atoms with E-state index >= 15 is 0 Å². The molecule has 0 aliphatic rings. The first-order valence-electron chi connectivity index (χ1n) is 4.81. The summed E-state index contributed by atoms with van der Waals surface area (Å²) in [5, 5.41) is 3.60. The highest BCUT2D eigenvalue weighted by Gasteiger charge is 2.07. The van der Waals surface area contributed by atoms with Crippen LogP contribution in [0.15, 0.2) is 30.5 Å². The zero-order valence-electron chi connectivity index (χ0n) is 9.21. The van der Waals surface area contributed by atoms with Crippen LogP contribution >= 0.6 is 24.8 Å². The van der Waals surface area contributed by atoms with Crippen molar-refractivity contribution in [2.24, 2.45) is 0 Å². The molecule has 0 saturated carbocycles. The summed E-state index contributed by atoms with van der Waals surface area (Å²) in [7, 11) is 0. The van der Waals surface area contributed by atoms with Gasteiger partial charge in [-0.3, -0.25) is 4.79 Å². The second kappa shape index (κ2) is 7.04. The van der Waals surface area contributed by atoms with Crippen LogP contribution in [0.5, 0.6) is 0 Å². The molecule has 0 saturated heterocycles. The normalized spacial score (nSPS) is 9.00. The van der Waals surface area contributed by atoms with Crippen molar-refractivity contribution in [2.45, 2.75) is 6.92 Å². The van der Waals surface area contributed by atoms with Crippen molar-refractivity contribution in [1.29, 1.82) is 0 Å². The van der Waals surface area contributed by atoms with Gasteiger partial charge < -0.3 is 5.32 Å². The van der Waals surface area contributed by atoms with Crippen LogP contribution in [-0.2, 0) is 0 Å². The van der Waals surface area contributed by atoms with Crippen LogP contribution in [0, 0.1) is 0 Å². The third-order valence-electron chi connectivity index (χ3n) is 2.03. The first kappa shape index (κ1) is 15.6. The van der Waals surface area contributed by atoms with Gasteiger partial charge in [-0.05, 0) is 13.0 Å². The van der Waals surface area contributed by atoms with Crippen molar-refractivity contribution in [3.05, 3.63) is 36.3 Å². The Balaban J connectivity index is 0.00000128. The van der Waals surface area contributed by atoms with Crippen LogP contribution in [0.25, 0.3) is 10.9 Å². The maximum absolute atomic E-state index is 11.5. The van der Waals surface area contributed by atoms with Gasteiger partial charge in [-0.2, -0.15) is 0 Å². The van der Waals surface area contributed by atoms with E-state index in [4.69, 9.17) is 0 Å². The van der Waals surface area contributed by atoms with Crippen LogP contribution in [0.1, 0.15) is 17.5 Å². The zero-order valence-corrected chi connectivity index (χ0v) is 10.8. The molecule has 1 heterocycles. The molecule has 2 rings (SSSR count). The summed E-state index contributed by atoms with van der Waals surface area (Å²) in [6.45, 7) is 2.44. The van der Waals surface area contributed by atoms with E-state index in [0.717, 1.165) is 10.9 Å². The number of para-hydroxylation sites is 1. The lowest BCUT2D eigenvalue weighted by molar-refractivity contribution is 0.0946. The minimum absolute atomic E-state index is 0. The maximum Gasteiger partial charge on any atom is 0.289 e. The van der Waals surface area contributed by atoms with E-state index in [9.17, 15) is 4.79 Å². The third-order valence-corrected chi connectivity index (χ3v) is 2.03. The number of nitrogens with one attached hydrogen (secondary N) is 1. The van der Waals surface area contributed by atoms with E-state index in [2.05, 4.69) is 15.3 Å². The molecule has 92 valence electrons. The second-order valence-electron chi connectivity index (χ2n) is 3.11. The third kappa shape index (κ3) is 3.54. The minimum atomic E-state index is -0.233. The number of fused-ring (bicyclic) bond motifs is 1. The van der Waals surface area contributed by atoms with Crippen LogP contribution in [0.4, 0.5) is 0 Å². The molecule has 6 heteroatoms. The van der Waals surface area contributed by atoms with Crippen LogP contribution in [0.2, 0.25) is 0 Å². The van der Waals surface area contributed by atoms with Gasteiger partial charge in [0, 0.05) is 18.1 Å². The lowest BCUT2D eigenvalue weighted by Crippen LogP contribution is -2.24. The lowest BCUT2D eigenvalue weighted by atomic mass is 10.2. The second-order valence-corrected chi connectivity index (χ2v) is 3.11. The number of amides is 1. The van der Waals surface area contributed by atoms with Gasteiger partial charge in [-0.25, -0.2) is 9.97 Å². The monoisotopic (exact) mass is 273 g/mol. The average Bonchev–Trinajstić information content (AvgIpc) is 2.29. The Morgan fingerprint density at radius 2 is 2.00 bits per heavy atom. The molecule has 2 aromatic rings. The minimum Gasteiger partial charge on any atom is -0.350 e. The van der Waals surface area contributed by atoms with Crippen molar-refractivity contribution in [3.63, 3.8) is 0 Å². The Bertz CT molecular complexity index is 505. The van der Waals surface area contributed by atoms with Gasteiger partial charge >= 0.3 is 0 Å². The van der Waals surface area contributed by atoms with E-state index in [1.165, 1.54) is 0 Å². The van der Waals surface area contributed by atoms with Crippen molar-refractivity contribution >= 4 is 41.6 Å². The number of carbonyl (C=O) groups is 1. The first-order valence-corrected chi connectivity index (χ1v) is 4.81. The van der Waals surface area contributed by atoms with Gasteiger partial charge in [0.05, 0.1) is 5.52 Å². The largest absolute Gasteiger partial charge is 0.350 e. The van der Waals surface area contributed by atoms with Crippen LogP contribution in [-0.4, -0.2) is 22.4 Å². The zero-order chi connectivity index (χ0) is 10.7. The number of benzene rings is 1. The smallest absolute Gasteiger partial charge is 0.289 e. The number of hydrogen-bond donors (Lipinski definition) is 1. The van der Waals surface area contributed by atoms with Crippen molar-refractivity contribution in [3.8, 4) is 0 Å². The molecular weight excluding hydrogens is 261 g/mol. The summed E-state index contributed by atoms with van der Waals surface area (Å²) in [5.41, 5.74) is 0.786. The fraction of sp³-hybridized carbons (Fsp3) is 0.182. The van der Waals surface area contributed by atoms with Gasteiger partial charge in [0.25, 0.3) is 5.91 Å². The van der Waals surface area contributed by atoms with Gasteiger partial charge in [0.1, 0.15) is 0 Å². The molecule has 1 aromatic heterocycles. The fourth-order valence-corrected chi connectivity index (χ4v) is 1.32. The maximum atomic E-state index is 11.5. The molecule has 4 nitrogen and oxygen atoms in total. The lowest BCUT2D eigenvalue weighted by Gasteiger charge is -2.01. The van der Waals surface area contributed by atoms with E-state index < -0.39 is 0 Å². The molecule has 1 aromatic carbocycles. The fourth-order valence-electron chi connectivity index (χ4n) is 1.32. The van der Waals surface area contributed by atoms with E-state index in [1.54, 1.807) is 6.20 Å². The molecule has 0 aliphatic heterocycles. The predicted octanol–water partition coefficient (Wildman–Crippen LogP) is 2.22. The molecule has 1 amide bonds. The van der Waals surface area contributed by atoms with Crippen molar-refractivity contribution < 1.29 is 4.79 Å². The Morgan fingerprint density at radius 3 is 2.71 bits per heavy atom. The average molecular weight is 274 g/mol. The first-order chi connectivity index (χ1) is 7.31. The highest BCUT2D eigenvalue weighted by Crippen LogP contribution is 2.09. The highest BCUT2D eigenvalue weighted by molar-refractivity contribution is 5.92. The standard InChI is InChI=1S/C11H11N3O.2ClH/c1-2-12-11(15)10-13-7-8-5-3-4-6-9(8)14-10;;/h3-7H,2H2,1H3,(H,12,15);2*1H. The number of hydrogen-bond acceptors (Lipinski definition) is 3. The summed E-state index contributed by atoms with van der Waals surface area (Å²) in [5.74, 6) is -0.0150. The number of rotatable bonds is 2. The SMILES string of the molecule is CCNC(=O)c1ncc2ccccc2n1.Cl.Cl. The Labute approximate surface area is 112 Å². The van der Waals surface area contributed by atoms with Gasteiger partial charge in [0.15, 0.2) is 0 Å². The molecule has 1 N–H and O–H groups in total. The quantitative estimate of drug-likeness (QED) is 0.913. The summed E-state index contributed by atoms with van der Waals surface area (Å²) < 4.78 is 0. The van der Waals surface area contributed by atoms with Crippen molar-refractivity contribution in [1.82, 2.24) is 15.3 Å². The Kier molecular flexibility index (Phi) is 6.46. The molecule has 0 bridgehead atoms. The number of carbonyl (C=O) groups excluding carboxylic acids is 1. The summed E-state index contributed by atoms with van der Waals surface area (Å²) in [6.07, 6.45) is 1.66. The van der Waals surface area contributed by atoms with Crippen LogP contribution in [0.3, 0.4) is 0 Å². The molecule has 0 spiro atoms. The molecule has 0 radical (unpaired) electrons. The van der Waals surface area contributed by atoms with E-state index in [0.29, 0.717) is 6.54 Å². The Morgan fingerprint density at radius 1 is 1.29 bits per heavy atom. The van der Waals surface area contributed by atoms with Gasteiger partial charge in [0.2, 0.25) is 5.82 Å². The Hall–Kier alpha value is -1.39. The summed E-state index contributed by atoms with van der Waals surface area (Å²) >= 11 is 0. The topological polar surface area (TPSA) is 54.9 Å². The molecule has 0 unspecified atom stereocenters. The molecule has 0 aliphatic carbocycles.